The van der Waals surface area contributed by atoms with Crippen molar-refractivity contribution in [3.8, 4) is 0 Å². The topological polar surface area (TPSA) is 42.4 Å². The number of carbonyl (C=O) groups excluding carboxylic acids is 1. The maximum atomic E-state index is 12.2. The second-order valence-corrected chi connectivity index (χ2v) is 4.92. The van der Waals surface area contributed by atoms with Crippen LogP contribution in [-0.4, -0.2) is 41.1 Å². The fraction of sp³-hybridized carbons (Fsp3) is 0.571. The summed E-state index contributed by atoms with van der Waals surface area (Å²) in [7, 11) is 0. The van der Waals surface area contributed by atoms with E-state index in [1.807, 2.05) is 24.8 Å². The Labute approximate surface area is 108 Å². The summed E-state index contributed by atoms with van der Waals surface area (Å²) in [4.78, 5) is 18.0. The van der Waals surface area contributed by atoms with E-state index in [2.05, 4.69) is 4.98 Å². The highest BCUT2D eigenvalue weighted by molar-refractivity contribution is 5.93. The molecule has 0 N–H and O–H groups in total. The van der Waals surface area contributed by atoms with E-state index in [0.29, 0.717) is 11.7 Å². The first-order valence-electron chi connectivity index (χ1n) is 6.51. The molecule has 4 heteroatoms. The van der Waals surface area contributed by atoms with E-state index < -0.39 is 0 Å². The zero-order valence-corrected chi connectivity index (χ0v) is 11.0. The minimum absolute atomic E-state index is 0.0751. The molecule has 0 bridgehead atoms. The zero-order valence-electron chi connectivity index (χ0n) is 11.0. The number of piperidine rings is 1. The van der Waals surface area contributed by atoms with Crippen molar-refractivity contribution in [3.63, 3.8) is 0 Å². The molecule has 0 aromatic carbocycles. The van der Waals surface area contributed by atoms with Gasteiger partial charge < -0.3 is 9.64 Å². The largest absolute Gasteiger partial charge is 0.375 e. The standard InChI is InChI=1S/C14H20N2O2/c1-11(2)18-13-5-8-16(9-6-13)14(17)12-4-3-7-15-10-12/h3-4,7,10-11,13H,5-6,8-9H2,1-2H3. The molecule has 0 unspecified atom stereocenters. The first kappa shape index (κ1) is 13.0. The summed E-state index contributed by atoms with van der Waals surface area (Å²) in [6.45, 7) is 5.64. The lowest BCUT2D eigenvalue weighted by Gasteiger charge is -2.32. The Morgan fingerprint density at radius 1 is 1.44 bits per heavy atom. The fourth-order valence-electron chi connectivity index (χ4n) is 2.25. The van der Waals surface area contributed by atoms with Gasteiger partial charge in [-0.3, -0.25) is 9.78 Å². The third-order valence-corrected chi connectivity index (χ3v) is 3.10. The van der Waals surface area contributed by atoms with Crippen LogP contribution in [0.15, 0.2) is 24.5 Å². The normalized spacial score (nSPS) is 17.2. The molecule has 1 aromatic heterocycles. The van der Waals surface area contributed by atoms with Gasteiger partial charge in [-0.25, -0.2) is 0 Å². The molecule has 0 aliphatic carbocycles. The van der Waals surface area contributed by atoms with Crippen LogP contribution in [0, 0.1) is 0 Å². The van der Waals surface area contributed by atoms with Crippen molar-refractivity contribution < 1.29 is 9.53 Å². The lowest BCUT2D eigenvalue weighted by atomic mass is 10.1. The highest BCUT2D eigenvalue weighted by atomic mass is 16.5. The summed E-state index contributed by atoms with van der Waals surface area (Å²) < 4.78 is 5.77. The van der Waals surface area contributed by atoms with Gasteiger partial charge in [0.25, 0.3) is 5.91 Å². The molecule has 0 radical (unpaired) electrons. The van der Waals surface area contributed by atoms with Gasteiger partial charge in [-0.1, -0.05) is 0 Å². The average Bonchev–Trinajstić information content (AvgIpc) is 2.39. The lowest BCUT2D eigenvalue weighted by molar-refractivity contribution is -0.0236. The maximum absolute atomic E-state index is 12.2. The van der Waals surface area contributed by atoms with Crippen LogP contribution >= 0.6 is 0 Å². The molecule has 1 saturated heterocycles. The maximum Gasteiger partial charge on any atom is 0.255 e. The molecule has 0 spiro atoms. The third kappa shape index (κ3) is 3.29. The summed E-state index contributed by atoms with van der Waals surface area (Å²) in [5.41, 5.74) is 0.667. The van der Waals surface area contributed by atoms with E-state index in [1.165, 1.54) is 0 Å². The molecule has 1 fully saturated rings. The van der Waals surface area contributed by atoms with E-state index in [-0.39, 0.29) is 12.0 Å². The van der Waals surface area contributed by atoms with Crippen LogP contribution in [0.4, 0.5) is 0 Å². The molecule has 18 heavy (non-hydrogen) atoms. The van der Waals surface area contributed by atoms with Crippen LogP contribution in [0.1, 0.15) is 37.0 Å². The van der Waals surface area contributed by atoms with Crippen LogP contribution in [0.3, 0.4) is 0 Å². The van der Waals surface area contributed by atoms with Gasteiger partial charge >= 0.3 is 0 Å². The number of aromatic nitrogens is 1. The molecule has 2 heterocycles. The minimum Gasteiger partial charge on any atom is -0.375 e. The van der Waals surface area contributed by atoms with Crippen molar-refractivity contribution in [1.82, 2.24) is 9.88 Å². The molecule has 0 saturated carbocycles. The van der Waals surface area contributed by atoms with Crippen molar-refractivity contribution in [3.05, 3.63) is 30.1 Å². The van der Waals surface area contributed by atoms with Crippen LogP contribution in [-0.2, 0) is 4.74 Å². The number of rotatable bonds is 3. The highest BCUT2D eigenvalue weighted by Gasteiger charge is 2.24. The Hall–Kier alpha value is -1.42. The van der Waals surface area contributed by atoms with E-state index in [0.717, 1.165) is 25.9 Å². The smallest absolute Gasteiger partial charge is 0.255 e. The van der Waals surface area contributed by atoms with E-state index in [9.17, 15) is 4.79 Å². The van der Waals surface area contributed by atoms with Crippen LogP contribution in [0.25, 0.3) is 0 Å². The van der Waals surface area contributed by atoms with Crippen molar-refractivity contribution in [2.45, 2.75) is 38.9 Å². The highest BCUT2D eigenvalue weighted by Crippen LogP contribution is 2.17. The van der Waals surface area contributed by atoms with E-state index in [4.69, 9.17) is 4.74 Å². The molecule has 0 atom stereocenters. The predicted octanol–water partition coefficient (Wildman–Crippen LogP) is 2.11. The number of pyridine rings is 1. The molecule has 2 rings (SSSR count). The lowest BCUT2D eigenvalue weighted by Crippen LogP contribution is -2.41. The molecule has 1 aromatic rings. The van der Waals surface area contributed by atoms with Gasteiger partial charge in [0.2, 0.25) is 0 Å². The number of ether oxygens (including phenoxy) is 1. The summed E-state index contributed by atoms with van der Waals surface area (Å²) in [6, 6.07) is 3.61. The van der Waals surface area contributed by atoms with Crippen molar-refractivity contribution in [2.75, 3.05) is 13.1 Å². The van der Waals surface area contributed by atoms with Crippen LogP contribution in [0.5, 0.6) is 0 Å². The number of hydrogen-bond acceptors (Lipinski definition) is 3. The number of hydrogen-bond donors (Lipinski definition) is 0. The molecular weight excluding hydrogens is 228 g/mol. The molecule has 4 nitrogen and oxygen atoms in total. The summed E-state index contributed by atoms with van der Waals surface area (Å²) in [5.74, 6) is 0.0751. The molecule has 1 aliphatic rings. The van der Waals surface area contributed by atoms with Gasteiger partial charge in [0.1, 0.15) is 0 Å². The van der Waals surface area contributed by atoms with Crippen molar-refractivity contribution in [2.24, 2.45) is 0 Å². The average molecular weight is 248 g/mol. The number of nitrogens with zero attached hydrogens (tertiary/aromatic N) is 2. The second kappa shape index (κ2) is 5.96. The fourth-order valence-corrected chi connectivity index (χ4v) is 2.25. The first-order valence-corrected chi connectivity index (χ1v) is 6.51. The third-order valence-electron chi connectivity index (χ3n) is 3.10. The van der Waals surface area contributed by atoms with Gasteiger partial charge in [0.05, 0.1) is 17.8 Å². The Bertz CT molecular complexity index is 384. The van der Waals surface area contributed by atoms with Crippen LogP contribution in [0.2, 0.25) is 0 Å². The quantitative estimate of drug-likeness (QED) is 0.822. The second-order valence-electron chi connectivity index (χ2n) is 4.92. The Balaban J connectivity index is 1.88. The summed E-state index contributed by atoms with van der Waals surface area (Å²) in [6.07, 6.45) is 5.70. The van der Waals surface area contributed by atoms with Gasteiger partial charge in [-0.2, -0.15) is 0 Å². The monoisotopic (exact) mass is 248 g/mol. The SMILES string of the molecule is CC(C)OC1CCN(C(=O)c2cccnc2)CC1. The van der Waals surface area contributed by atoms with Gasteiger partial charge in [-0.05, 0) is 38.8 Å². The molecule has 98 valence electrons. The van der Waals surface area contributed by atoms with Gasteiger partial charge in [0.15, 0.2) is 0 Å². The minimum atomic E-state index is 0.0751. The number of carbonyl (C=O) groups is 1. The zero-order chi connectivity index (χ0) is 13.0. The Morgan fingerprint density at radius 3 is 2.72 bits per heavy atom. The van der Waals surface area contributed by atoms with Gasteiger partial charge in [-0.15, -0.1) is 0 Å². The van der Waals surface area contributed by atoms with Crippen molar-refractivity contribution in [1.29, 1.82) is 0 Å². The molecular formula is C14H20N2O2. The van der Waals surface area contributed by atoms with Crippen LogP contribution < -0.4 is 0 Å². The van der Waals surface area contributed by atoms with Crippen molar-refractivity contribution >= 4 is 5.91 Å². The number of amides is 1. The molecule has 1 amide bonds. The predicted molar refractivity (Wildman–Crippen MR) is 69.4 cm³/mol. The van der Waals surface area contributed by atoms with E-state index >= 15 is 0 Å². The Kier molecular flexibility index (Phi) is 4.31. The summed E-state index contributed by atoms with van der Waals surface area (Å²) in [5, 5.41) is 0. The molecule has 1 aliphatic heterocycles. The summed E-state index contributed by atoms with van der Waals surface area (Å²) >= 11 is 0. The Morgan fingerprint density at radius 2 is 2.17 bits per heavy atom. The van der Waals surface area contributed by atoms with Gasteiger partial charge in [0, 0.05) is 25.5 Å². The number of likely N-dealkylation sites (tertiary alicyclic amines) is 1. The first-order chi connectivity index (χ1) is 8.66. The van der Waals surface area contributed by atoms with E-state index in [1.54, 1.807) is 18.5 Å².